The number of hydrogen-bond acceptors (Lipinski definition) is 7. The molecule has 0 unspecified atom stereocenters. The molecule has 0 aliphatic carbocycles. The summed E-state index contributed by atoms with van der Waals surface area (Å²) >= 11 is 3.05. The van der Waals surface area contributed by atoms with Crippen molar-refractivity contribution in [3.05, 3.63) is 42.5 Å². The second-order valence-electron chi connectivity index (χ2n) is 6.87. The molecule has 32 heavy (non-hydrogen) atoms. The van der Waals surface area contributed by atoms with Crippen LogP contribution >= 0.6 is 35.5 Å². The Kier molecular flexibility index (Phi) is 10.6. The van der Waals surface area contributed by atoms with Gasteiger partial charge in [-0.2, -0.15) is 0 Å². The maximum atomic E-state index is 13.2. The molecule has 9 heteroatoms. The fourth-order valence-electron chi connectivity index (χ4n) is 3.14. The van der Waals surface area contributed by atoms with Crippen LogP contribution in [0.3, 0.4) is 0 Å². The zero-order valence-electron chi connectivity index (χ0n) is 18.9. The third-order valence-electron chi connectivity index (χ3n) is 5.07. The lowest BCUT2D eigenvalue weighted by atomic mass is 10.3. The summed E-state index contributed by atoms with van der Waals surface area (Å²) in [5.74, 6) is 2.00. The molecule has 0 atom stereocenters. The molecule has 0 bridgehead atoms. The first-order valence-corrected chi connectivity index (χ1v) is 12.1. The first kappa shape index (κ1) is 26.3. The molecule has 6 nitrogen and oxygen atoms in total. The Balaban J connectivity index is 0.00000363. The van der Waals surface area contributed by atoms with E-state index in [-0.39, 0.29) is 18.3 Å². The highest BCUT2D eigenvalue weighted by Crippen LogP contribution is 2.32. The number of thioether (sulfide) groups is 1. The molecule has 0 N–H and O–H groups in total. The van der Waals surface area contributed by atoms with E-state index in [1.54, 1.807) is 14.2 Å². The quantitative estimate of drug-likeness (QED) is 0.341. The van der Waals surface area contributed by atoms with Gasteiger partial charge in [0.25, 0.3) is 0 Å². The van der Waals surface area contributed by atoms with E-state index in [1.165, 1.54) is 23.1 Å². The van der Waals surface area contributed by atoms with Gasteiger partial charge in [0.05, 0.1) is 30.2 Å². The van der Waals surface area contributed by atoms with Crippen LogP contribution in [0.2, 0.25) is 0 Å². The molecule has 1 heterocycles. The van der Waals surface area contributed by atoms with Crippen LogP contribution in [0.1, 0.15) is 13.8 Å². The Morgan fingerprint density at radius 2 is 1.66 bits per heavy atom. The zero-order valence-corrected chi connectivity index (χ0v) is 21.3. The van der Waals surface area contributed by atoms with Crippen molar-refractivity contribution in [3.8, 4) is 11.5 Å². The van der Waals surface area contributed by atoms with E-state index in [1.807, 2.05) is 47.4 Å². The van der Waals surface area contributed by atoms with Gasteiger partial charge in [-0.25, -0.2) is 4.98 Å². The third kappa shape index (κ3) is 6.75. The maximum absolute atomic E-state index is 13.2. The Labute approximate surface area is 204 Å². The fourth-order valence-corrected chi connectivity index (χ4v) is 4.95. The second kappa shape index (κ2) is 12.9. The lowest BCUT2D eigenvalue weighted by Gasteiger charge is -2.24. The van der Waals surface area contributed by atoms with E-state index in [9.17, 15) is 4.79 Å². The van der Waals surface area contributed by atoms with E-state index in [0.29, 0.717) is 12.3 Å². The molecule has 0 fully saturated rings. The number of aromatic nitrogens is 1. The molecule has 0 saturated heterocycles. The van der Waals surface area contributed by atoms with Crippen LogP contribution in [0.4, 0.5) is 5.13 Å². The Morgan fingerprint density at radius 3 is 2.28 bits per heavy atom. The van der Waals surface area contributed by atoms with Gasteiger partial charge < -0.3 is 14.4 Å². The second-order valence-corrected chi connectivity index (χ2v) is 8.92. The van der Waals surface area contributed by atoms with Crippen molar-refractivity contribution in [2.75, 3.05) is 51.1 Å². The van der Waals surface area contributed by atoms with Gasteiger partial charge in [-0.05, 0) is 55.6 Å². The number of carbonyl (C=O) groups excluding carboxylic acids is 1. The summed E-state index contributed by atoms with van der Waals surface area (Å²) in [5.41, 5.74) is 0.879. The van der Waals surface area contributed by atoms with Crippen molar-refractivity contribution < 1.29 is 14.3 Å². The minimum absolute atomic E-state index is 0. The number of amides is 1. The maximum Gasteiger partial charge on any atom is 0.239 e. The molecule has 0 radical (unpaired) electrons. The van der Waals surface area contributed by atoms with Crippen molar-refractivity contribution in [1.29, 1.82) is 0 Å². The van der Waals surface area contributed by atoms with E-state index in [4.69, 9.17) is 14.5 Å². The number of likely N-dealkylation sites (N-methyl/N-ethyl adjacent to an activating group) is 1. The minimum atomic E-state index is 0. The molecule has 2 aromatic carbocycles. The number of ether oxygens (including phenoxy) is 2. The highest BCUT2D eigenvalue weighted by molar-refractivity contribution is 8.00. The summed E-state index contributed by atoms with van der Waals surface area (Å²) in [5, 5.41) is 0.732. The highest BCUT2D eigenvalue weighted by atomic mass is 35.5. The normalized spacial score (nSPS) is 10.8. The number of halogens is 1. The summed E-state index contributed by atoms with van der Waals surface area (Å²) in [6, 6.07) is 13.6. The van der Waals surface area contributed by atoms with Crippen molar-refractivity contribution in [2.24, 2.45) is 0 Å². The van der Waals surface area contributed by atoms with Crippen molar-refractivity contribution in [2.45, 2.75) is 18.7 Å². The largest absolute Gasteiger partial charge is 0.497 e. The van der Waals surface area contributed by atoms with Crippen LogP contribution in [0, 0.1) is 0 Å². The number of rotatable bonds is 11. The average molecular weight is 496 g/mol. The van der Waals surface area contributed by atoms with Crippen LogP contribution in [0.5, 0.6) is 11.5 Å². The van der Waals surface area contributed by atoms with Gasteiger partial charge >= 0.3 is 0 Å². The number of hydrogen-bond donors (Lipinski definition) is 0. The molecular formula is C23H30ClN3O3S2. The predicted octanol–water partition coefficient (Wildman–Crippen LogP) is 5.20. The molecule has 3 aromatic rings. The zero-order chi connectivity index (χ0) is 22.2. The van der Waals surface area contributed by atoms with Gasteiger partial charge in [-0.15, -0.1) is 24.2 Å². The molecule has 1 amide bonds. The molecule has 0 aliphatic rings. The summed E-state index contributed by atoms with van der Waals surface area (Å²) in [6.45, 7) is 7.61. The van der Waals surface area contributed by atoms with Gasteiger partial charge in [-0.1, -0.05) is 25.2 Å². The Bertz CT molecular complexity index is 994. The standard InChI is InChI=1S/C23H29N3O3S2.ClH/c1-5-25(6-2)13-14-26(22(27)16-30-19-10-7-17(28-3)8-11-19)23-24-20-12-9-18(29-4)15-21(20)31-23;/h7-12,15H,5-6,13-14,16H2,1-4H3;1H. The van der Waals surface area contributed by atoms with Crippen molar-refractivity contribution in [3.63, 3.8) is 0 Å². The summed E-state index contributed by atoms with van der Waals surface area (Å²) in [7, 11) is 3.30. The van der Waals surface area contributed by atoms with Gasteiger partial charge in [0.1, 0.15) is 11.5 Å². The van der Waals surface area contributed by atoms with Crippen LogP contribution in [-0.4, -0.2) is 61.9 Å². The SMILES string of the molecule is CCN(CC)CCN(C(=O)CSc1ccc(OC)cc1)c1nc2ccc(OC)cc2s1.Cl. The Morgan fingerprint density at radius 1 is 1.00 bits per heavy atom. The predicted molar refractivity (Wildman–Crippen MR) is 137 cm³/mol. The van der Waals surface area contributed by atoms with E-state index in [2.05, 4.69) is 18.7 Å². The van der Waals surface area contributed by atoms with E-state index < -0.39 is 0 Å². The van der Waals surface area contributed by atoms with E-state index in [0.717, 1.165) is 51.4 Å². The number of thiazole rings is 1. The monoisotopic (exact) mass is 495 g/mol. The van der Waals surface area contributed by atoms with Crippen LogP contribution in [0.15, 0.2) is 47.4 Å². The smallest absolute Gasteiger partial charge is 0.239 e. The number of nitrogens with zero attached hydrogens (tertiary/aromatic N) is 3. The molecule has 0 spiro atoms. The lowest BCUT2D eigenvalue weighted by molar-refractivity contribution is -0.116. The first-order valence-electron chi connectivity index (χ1n) is 10.3. The lowest BCUT2D eigenvalue weighted by Crippen LogP contribution is -2.39. The number of benzene rings is 2. The first-order chi connectivity index (χ1) is 15.1. The number of anilines is 1. The van der Waals surface area contributed by atoms with Crippen LogP contribution in [0.25, 0.3) is 10.2 Å². The highest BCUT2D eigenvalue weighted by Gasteiger charge is 2.21. The molecule has 1 aromatic heterocycles. The van der Waals surface area contributed by atoms with E-state index >= 15 is 0 Å². The average Bonchev–Trinajstić information content (AvgIpc) is 3.23. The molecule has 0 aliphatic heterocycles. The number of methoxy groups -OCH3 is 2. The summed E-state index contributed by atoms with van der Waals surface area (Å²) in [6.07, 6.45) is 0. The van der Waals surface area contributed by atoms with Crippen molar-refractivity contribution >= 4 is 56.8 Å². The topological polar surface area (TPSA) is 54.9 Å². The molecule has 174 valence electrons. The van der Waals surface area contributed by atoms with Gasteiger partial charge in [0.15, 0.2) is 5.13 Å². The van der Waals surface area contributed by atoms with Gasteiger partial charge in [0, 0.05) is 18.0 Å². The van der Waals surface area contributed by atoms with Crippen LogP contribution in [-0.2, 0) is 4.79 Å². The summed E-state index contributed by atoms with van der Waals surface area (Å²) in [4.78, 5) is 23.1. The van der Waals surface area contributed by atoms with Gasteiger partial charge in [-0.3, -0.25) is 9.69 Å². The van der Waals surface area contributed by atoms with Crippen LogP contribution < -0.4 is 14.4 Å². The number of fused-ring (bicyclic) bond motifs is 1. The summed E-state index contributed by atoms with van der Waals surface area (Å²) < 4.78 is 11.5. The molecule has 3 rings (SSSR count). The fraction of sp³-hybridized carbons (Fsp3) is 0.391. The van der Waals surface area contributed by atoms with Crippen molar-refractivity contribution in [1.82, 2.24) is 9.88 Å². The third-order valence-corrected chi connectivity index (χ3v) is 7.11. The minimum Gasteiger partial charge on any atom is -0.497 e. The van der Waals surface area contributed by atoms with Gasteiger partial charge in [0.2, 0.25) is 5.91 Å². The molecular weight excluding hydrogens is 466 g/mol. The number of carbonyl (C=O) groups is 1. The molecule has 0 saturated carbocycles. The Hall–Kier alpha value is -2.00.